The van der Waals surface area contributed by atoms with E-state index in [1.165, 1.54) is 23.9 Å². The number of carbonyl (C=O) groups is 1. The molecule has 0 bridgehead atoms. The molecule has 0 aliphatic rings. The Hall–Kier alpha value is -4.33. The summed E-state index contributed by atoms with van der Waals surface area (Å²) in [5, 5.41) is 15.3. The first-order valence-electron chi connectivity index (χ1n) is 10.5. The van der Waals surface area contributed by atoms with Crippen LogP contribution in [0.5, 0.6) is 0 Å². The monoisotopic (exact) mass is 442 g/mol. The van der Waals surface area contributed by atoms with Crippen molar-refractivity contribution in [2.45, 2.75) is 26.2 Å². The Morgan fingerprint density at radius 3 is 2.64 bits per heavy atom. The Labute approximate surface area is 190 Å². The molecular weight excluding hydrogens is 420 g/mol. The molecule has 0 fully saturated rings. The number of carbonyl (C=O) groups excluding carboxylic acids is 1. The van der Waals surface area contributed by atoms with Crippen molar-refractivity contribution in [2.75, 3.05) is 0 Å². The average molecular weight is 442 g/mol. The summed E-state index contributed by atoms with van der Waals surface area (Å²) < 4.78 is 5.00. The number of para-hydroxylation sites is 1. The van der Waals surface area contributed by atoms with Crippen LogP contribution < -0.4 is 5.43 Å². The molecule has 4 rings (SSSR count). The minimum atomic E-state index is -0.643. The van der Waals surface area contributed by atoms with Crippen molar-refractivity contribution < 1.29 is 14.1 Å². The lowest BCUT2D eigenvalue weighted by molar-refractivity contribution is -0.402. The molecule has 166 valence electrons. The van der Waals surface area contributed by atoms with E-state index in [4.69, 9.17) is 9.40 Å². The number of nitro groups is 1. The third-order valence-corrected chi connectivity index (χ3v) is 5.50. The number of aromatic nitrogens is 1. The molecule has 2 heterocycles. The van der Waals surface area contributed by atoms with Crippen LogP contribution in [0.3, 0.4) is 0 Å². The zero-order chi connectivity index (χ0) is 23.4. The van der Waals surface area contributed by atoms with E-state index in [0.29, 0.717) is 28.1 Å². The summed E-state index contributed by atoms with van der Waals surface area (Å²) in [4.78, 5) is 27.7. The molecule has 1 unspecified atom stereocenters. The van der Waals surface area contributed by atoms with Crippen molar-refractivity contribution in [1.82, 2.24) is 10.4 Å². The zero-order valence-corrected chi connectivity index (χ0v) is 18.2. The van der Waals surface area contributed by atoms with Crippen molar-refractivity contribution in [3.05, 3.63) is 93.7 Å². The smallest absolute Gasteiger partial charge is 0.400 e. The highest BCUT2D eigenvalue weighted by Gasteiger charge is 2.15. The van der Waals surface area contributed by atoms with Gasteiger partial charge in [0.2, 0.25) is 0 Å². The van der Waals surface area contributed by atoms with Crippen LogP contribution in [0.25, 0.3) is 22.2 Å². The van der Waals surface area contributed by atoms with Gasteiger partial charge in [-0.15, -0.1) is 0 Å². The third kappa shape index (κ3) is 4.79. The lowest BCUT2D eigenvalue weighted by Crippen LogP contribution is -2.18. The third-order valence-electron chi connectivity index (χ3n) is 5.50. The van der Waals surface area contributed by atoms with Crippen LogP contribution in [0, 0.1) is 10.1 Å². The van der Waals surface area contributed by atoms with Crippen LogP contribution >= 0.6 is 0 Å². The summed E-state index contributed by atoms with van der Waals surface area (Å²) >= 11 is 0. The highest BCUT2D eigenvalue weighted by atomic mass is 16.6. The highest BCUT2D eigenvalue weighted by molar-refractivity contribution is 6.07. The molecule has 0 radical (unpaired) electrons. The van der Waals surface area contributed by atoms with Gasteiger partial charge in [-0.25, -0.2) is 10.4 Å². The second-order valence-corrected chi connectivity index (χ2v) is 7.64. The maximum atomic E-state index is 12.9. The first-order chi connectivity index (χ1) is 16.0. The van der Waals surface area contributed by atoms with Crippen molar-refractivity contribution >= 4 is 28.9 Å². The van der Waals surface area contributed by atoms with E-state index >= 15 is 0 Å². The molecule has 1 atom stereocenters. The van der Waals surface area contributed by atoms with Crippen LogP contribution in [0.2, 0.25) is 0 Å². The lowest BCUT2D eigenvalue weighted by Gasteiger charge is -2.11. The van der Waals surface area contributed by atoms with Crippen LogP contribution in [0.1, 0.15) is 47.9 Å². The first kappa shape index (κ1) is 21.9. The van der Waals surface area contributed by atoms with Crippen molar-refractivity contribution in [2.24, 2.45) is 5.10 Å². The Morgan fingerprint density at radius 1 is 1.18 bits per heavy atom. The fourth-order valence-corrected chi connectivity index (χ4v) is 3.45. The van der Waals surface area contributed by atoms with Gasteiger partial charge in [0.25, 0.3) is 5.91 Å². The number of amides is 1. The second-order valence-electron chi connectivity index (χ2n) is 7.64. The topological polar surface area (TPSA) is 111 Å². The zero-order valence-electron chi connectivity index (χ0n) is 18.2. The molecule has 0 aliphatic carbocycles. The minimum Gasteiger partial charge on any atom is -0.400 e. The molecule has 0 aliphatic heterocycles. The minimum absolute atomic E-state index is 0.156. The molecule has 0 saturated carbocycles. The number of furan rings is 1. The largest absolute Gasteiger partial charge is 0.433 e. The predicted molar refractivity (Wildman–Crippen MR) is 126 cm³/mol. The summed E-state index contributed by atoms with van der Waals surface area (Å²) in [6.07, 6.45) is 2.27. The molecule has 0 saturated heterocycles. The summed E-state index contributed by atoms with van der Waals surface area (Å²) in [6, 6.07) is 20.0. The van der Waals surface area contributed by atoms with Gasteiger partial charge < -0.3 is 4.42 Å². The summed E-state index contributed by atoms with van der Waals surface area (Å²) in [7, 11) is 0. The summed E-state index contributed by atoms with van der Waals surface area (Å²) in [5.41, 5.74) is 6.42. The van der Waals surface area contributed by atoms with Gasteiger partial charge in [-0.1, -0.05) is 56.3 Å². The van der Waals surface area contributed by atoms with Gasteiger partial charge in [-0.05, 0) is 36.1 Å². The Bertz CT molecular complexity index is 1340. The molecular formula is C25H22N4O4. The van der Waals surface area contributed by atoms with E-state index < -0.39 is 16.7 Å². The van der Waals surface area contributed by atoms with Gasteiger partial charge >= 0.3 is 5.88 Å². The number of rotatable bonds is 7. The number of fused-ring (bicyclic) bond motifs is 1. The average Bonchev–Trinajstić information content (AvgIpc) is 3.32. The van der Waals surface area contributed by atoms with Crippen LogP contribution in [0.4, 0.5) is 5.88 Å². The van der Waals surface area contributed by atoms with Crippen LogP contribution in [-0.4, -0.2) is 22.0 Å². The highest BCUT2D eigenvalue weighted by Crippen LogP contribution is 2.27. The predicted octanol–water partition coefficient (Wildman–Crippen LogP) is 5.68. The number of pyridine rings is 1. The summed E-state index contributed by atoms with van der Waals surface area (Å²) in [6.45, 7) is 4.34. The molecule has 8 heteroatoms. The Morgan fingerprint density at radius 2 is 1.94 bits per heavy atom. The van der Waals surface area contributed by atoms with E-state index in [2.05, 4.69) is 36.5 Å². The van der Waals surface area contributed by atoms with Gasteiger partial charge in [0.1, 0.15) is 4.92 Å². The fraction of sp³-hybridized carbons (Fsp3) is 0.160. The number of hydrogen-bond donors (Lipinski definition) is 1. The first-order valence-corrected chi connectivity index (χ1v) is 10.5. The Balaban J connectivity index is 1.62. The van der Waals surface area contributed by atoms with Gasteiger partial charge in [0.15, 0.2) is 5.76 Å². The number of benzene rings is 2. The number of hydrogen-bond acceptors (Lipinski definition) is 6. The summed E-state index contributed by atoms with van der Waals surface area (Å²) in [5.74, 6) is -0.197. The number of nitrogens with one attached hydrogen (secondary N) is 1. The molecule has 1 N–H and O–H groups in total. The number of hydrazone groups is 1. The standard InChI is InChI=1S/C25H22N4O4/c1-3-16(2)17-8-10-18(11-9-17)23-14-21(20-6-4-5-7-22(20)27-23)25(30)28-26-15-19-12-13-24(33-19)29(31)32/h4-16H,3H2,1-2H3,(H,28,30)/b26-15+. The molecule has 8 nitrogen and oxygen atoms in total. The van der Waals surface area contributed by atoms with Gasteiger partial charge in [0.05, 0.1) is 29.1 Å². The fourth-order valence-electron chi connectivity index (χ4n) is 3.45. The van der Waals surface area contributed by atoms with Crippen LogP contribution in [-0.2, 0) is 0 Å². The normalized spacial score (nSPS) is 12.2. The number of nitrogens with zero attached hydrogens (tertiary/aromatic N) is 3. The van der Waals surface area contributed by atoms with Crippen molar-refractivity contribution in [3.63, 3.8) is 0 Å². The molecule has 2 aromatic heterocycles. The molecule has 4 aromatic rings. The van der Waals surface area contributed by atoms with E-state index in [1.807, 2.05) is 36.4 Å². The Kier molecular flexibility index (Phi) is 6.26. The van der Waals surface area contributed by atoms with Crippen molar-refractivity contribution in [1.29, 1.82) is 0 Å². The quantitative estimate of drug-likeness (QED) is 0.225. The molecule has 0 spiro atoms. The maximum absolute atomic E-state index is 12.9. The van der Waals surface area contributed by atoms with E-state index in [0.717, 1.165) is 12.0 Å². The SMILES string of the molecule is CCC(C)c1ccc(-c2cc(C(=O)N/N=C/c3ccc([N+](=O)[O-])o3)c3ccccc3n2)cc1. The lowest BCUT2D eigenvalue weighted by atomic mass is 9.96. The van der Waals surface area contributed by atoms with Crippen LogP contribution in [0.15, 0.2) is 76.2 Å². The molecule has 2 aromatic carbocycles. The molecule has 1 amide bonds. The maximum Gasteiger partial charge on any atom is 0.433 e. The second kappa shape index (κ2) is 9.44. The van der Waals surface area contributed by atoms with Gasteiger partial charge in [-0.2, -0.15) is 5.10 Å². The molecule has 33 heavy (non-hydrogen) atoms. The van der Waals surface area contributed by atoms with E-state index in [-0.39, 0.29) is 5.76 Å². The van der Waals surface area contributed by atoms with Gasteiger partial charge in [0, 0.05) is 10.9 Å². The van der Waals surface area contributed by atoms with E-state index in [9.17, 15) is 14.9 Å². The van der Waals surface area contributed by atoms with Crippen molar-refractivity contribution in [3.8, 4) is 11.3 Å². The van der Waals surface area contributed by atoms with Gasteiger partial charge in [-0.3, -0.25) is 14.9 Å². The van der Waals surface area contributed by atoms with E-state index in [1.54, 1.807) is 6.07 Å².